The van der Waals surface area contributed by atoms with E-state index in [0.717, 1.165) is 0 Å². The number of carbonyl (C=O) groups excluding carboxylic acids is 1. The van der Waals surface area contributed by atoms with Crippen LogP contribution in [-0.4, -0.2) is 49.5 Å². The maximum atomic E-state index is 12.0. The van der Waals surface area contributed by atoms with Crippen molar-refractivity contribution in [1.29, 1.82) is 0 Å². The minimum absolute atomic E-state index is 0.00435. The molecule has 0 aliphatic carbocycles. The molecule has 16 heavy (non-hydrogen) atoms. The topological polar surface area (TPSA) is 70.6 Å². The highest BCUT2D eigenvalue weighted by molar-refractivity contribution is 5.80. The molecular formula is C11H22N2O3. The molecule has 5 heteroatoms. The van der Waals surface area contributed by atoms with Crippen LogP contribution in [0, 0.1) is 5.92 Å². The number of aliphatic hydroxyl groups is 1. The number of amides is 1. The molecule has 0 saturated carbocycles. The number of carbonyl (C=O) groups is 1. The van der Waals surface area contributed by atoms with Crippen molar-refractivity contribution in [3.63, 3.8) is 0 Å². The van der Waals surface area contributed by atoms with Gasteiger partial charge in [-0.05, 0) is 27.3 Å². The second-order valence-electron chi connectivity index (χ2n) is 4.89. The van der Waals surface area contributed by atoms with Crippen LogP contribution in [0.1, 0.15) is 20.3 Å². The van der Waals surface area contributed by atoms with Crippen LogP contribution in [0.4, 0.5) is 0 Å². The van der Waals surface area contributed by atoms with E-state index in [2.05, 4.69) is 10.6 Å². The average Bonchev–Trinajstić information content (AvgIpc) is 2.64. The smallest absolute Gasteiger partial charge is 0.227 e. The van der Waals surface area contributed by atoms with Crippen LogP contribution in [0.3, 0.4) is 0 Å². The van der Waals surface area contributed by atoms with Crippen LogP contribution < -0.4 is 10.6 Å². The average molecular weight is 230 g/mol. The molecule has 0 bridgehead atoms. The first-order valence-electron chi connectivity index (χ1n) is 5.68. The van der Waals surface area contributed by atoms with Gasteiger partial charge in [0.2, 0.25) is 5.91 Å². The summed E-state index contributed by atoms with van der Waals surface area (Å²) in [7, 11) is 1.83. The normalized spacial score (nSPS) is 25.8. The van der Waals surface area contributed by atoms with E-state index >= 15 is 0 Å². The summed E-state index contributed by atoms with van der Waals surface area (Å²) in [6.45, 7) is 4.93. The summed E-state index contributed by atoms with van der Waals surface area (Å²) in [6.07, 6.45) is 0.552. The summed E-state index contributed by atoms with van der Waals surface area (Å²) in [5, 5.41) is 14.9. The zero-order chi connectivity index (χ0) is 12.2. The van der Waals surface area contributed by atoms with Crippen molar-refractivity contribution in [2.24, 2.45) is 5.92 Å². The monoisotopic (exact) mass is 230 g/mol. The Morgan fingerprint density at radius 3 is 2.75 bits per heavy atom. The van der Waals surface area contributed by atoms with Crippen LogP contribution in [0.25, 0.3) is 0 Å². The molecule has 5 nitrogen and oxygen atoms in total. The number of hydrogen-bond donors (Lipinski definition) is 3. The first-order valence-corrected chi connectivity index (χ1v) is 5.68. The number of rotatable bonds is 5. The highest BCUT2D eigenvalue weighted by Gasteiger charge is 2.35. The summed E-state index contributed by atoms with van der Waals surface area (Å²) in [5.41, 5.74) is -0.368. The standard InChI is InChI=1S/C11H22N2O3/c1-11(2,4-5-14)13-10(15)8-6-16-7-9(8)12-3/h8-9,12,14H,4-7H2,1-3H3,(H,13,15). The van der Waals surface area contributed by atoms with Gasteiger partial charge < -0.3 is 20.5 Å². The number of aliphatic hydroxyl groups excluding tert-OH is 1. The zero-order valence-electron chi connectivity index (χ0n) is 10.2. The summed E-state index contributed by atoms with van der Waals surface area (Å²) in [6, 6.07) is 0.0879. The van der Waals surface area contributed by atoms with Crippen molar-refractivity contribution in [3.8, 4) is 0 Å². The second-order valence-corrected chi connectivity index (χ2v) is 4.89. The van der Waals surface area contributed by atoms with E-state index in [1.807, 2.05) is 20.9 Å². The summed E-state index contributed by atoms with van der Waals surface area (Å²) in [4.78, 5) is 12.0. The third-order valence-corrected chi connectivity index (χ3v) is 2.99. The molecule has 1 heterocycles. The van der Waals surface area contributed by atoms with Gasteiger partial charge in [-0.15, -0.1) is 0 Å². The zero-order valence-corrected chi connectivity index (χ0v) is 10.2. The van der Waals surface area contributed by atoms with Gasteiger partial charge in [-0.1, -0.05) is 0 Å². The lowest BCUT2D eigenvalue weighted by molar-refractivity contribution is -0.127. The van der Waals surface area contributed by atoms with Crippen molar-refractivity contribution >= 4 is 5.91 Å². The molecule has 1 saturated heterocycles. The van der Waals surface area contributed by atoms with Crippen LogP contribution in [0.2, 0.25) is 0 Å². The van der Waals surface area contributed by atoms with E-state index in [1.165, 1.54) is 0 Å². The maximum Gasteiger partial charge on any atom is 0.227 e. The van der Waals surface area contributed by atoms with Crippen molar-refractivity contribution in [2.45, 2.75) is 31.8 Å². The summed E-state index contributed by atoms with van der Waals surface area (Å²) >= 11 is 0. The van der Waals surface area contributed by atoms with Gasteiger partial charge in [-0.2, -0.15) is 0 Å². The van der Waals surface area contributed by atoms with Gasteiger partial charge in [-0.3, -0.25) is 4.79 Å². The molecule has 0 aromatic heterocycles. The van der Waals surface area contributed by atoms with Gasteiger partial charge in [0.15, 0.2) is 0 Å². The minimum atomic E-state index is -0.368. The molecule has 1 aliphatic heterocycles. The van der Waals surface area contributed by atoms with Gasteiger partial charge in [-0.25, -0.2) is 0 Å². The first-order chi connectivity index (χ1) is 7.50. The molecule has 1 aliphatic rings. The highest BCUT2D eigenvalue weighted by Crippen LogP contribution is 2.16. The predicted molar refractivity (Wildman–Crippen MR) is 61.1 cm³/mol. The first kappa shape index (κ1) is 13.4. The van der Waals surface area contributed by atoms with Crippen LogP contribution in [0.5, 0.6) is 0 Å². The Bertz CT molecular complexity index is 243. The molecule has 0 radical (unpaired) electrons. The number of hydrogen-bond acceptors (Lipinski definition) is 4. The van der Waals surface area contributed by atoms with E-state index in [4.69, 9.17) is 9.84 Å². The molecule has 0 aromatic rings. The van der Waals surface area contributed by atoms with Gasteiger partial charge in [0, 0.05) is 18.2 Å². The van der Waals surface area contributed by atoms with E-state index < -0.39 is 0 Å². The molecule has 1 fully saturated rings. The molecule has 0 spiro atoms. The second kappa shape index (κ2) is 5.61. The lowest BCUT2D eigenvalue weighted by atomic mass is 9.97. The van der Waals surface area contributed by atoms with Gasteiger partial charge in [0.25, 0.3) is 0 Å². The fourth-order valence-electron chi connectivity index (χ4n) is 1.87. The Kier molecular flexibility index (Phi) is 4.70. The molecule has 3 N–H and O–H groups in total. The molecule has 2 unspecified atom stereocenters. The van der Waals surface area contributed by atoms with Gasteiger partial charge in [0.05, 0.1) is 19.1 Å². The Hall–Kier alpha value is -0.650. The molecule has 0 aromatic carbocycles. The summed E-state index contributed by atoms with van der Waals surface area (Å²) < 4.78 is 5.28. The molecular weight excluding hydrogens is 208 g/mol. The van der Waals surface area contributed by atoms with Gasteiger partial charge >= 0.3 is 0 Å². The fourth-order valence-corrected chi connectivity index (χ4v) is 1.87. The fraction of sp³-hybridized carbons (Fsp3) is 0.909. The summed E-state index contributed by atoms with van der Waals surface area (Å²) in [5.74, 6) is -0.140. The van der Waals surface area contributed by atoms with Crippen LogP contribution in [0.15, 0.2) is 0 Å². The Morgan fingerprint density at radius 1 is 1.50 bits per heavy atom. The van der Waals surface area contributed by atoms with E-state index in [-0.39, 0.29) is 30.0 Å². The van der Waals surface area contributed by atoms with Gasteiger partial charge in [0.1, 0.15) is 0 Å². The Labute approximate surface area is 96.6 Å². The lowest BCUT2D eigenvalue weighted by Gasteiger charge is -2.28. The quantitative estimate of drug-likeness (QED) is 0.595. The number of ether oxygens (including phenoxy) is 1. The molecule has 1 amide bonds. The third-order valence-electron chi connectivity index (χ3n) is 2.99. The Morgan fingerprint density at radius 2 is 2.19 bits per heavy atom. The van der Waals surface area contributed by atoms with E-state index in [9.17, 15) is 4.79 Å². The lowest BCUT2D eigenvalue weighted by Crippen LogP contribution is -2.50. The number of likely N-dealkylation sites (N-methyl/N-ethyl adjacent to an activating group) is 1. The molecule has 2 atom stereocenters. The largest absolute Gasteiger partial charge is 0.396 e. The third kappa shape index (κ3) is 3.43. The van der Waals surface area contributed by atoms with Crippen molar-refractivity contribution in [3.05, 3.63) is 0 Å². The SMILES string of the molecule is CNC1COCC1C(=O)NC(C)(C)CCO. The highest BCUT2D eigenvalue weighted by atomic mass is 16.5. The number of nitrogens with one attached hydrogen (secondary N) is 2. The minimum Gasteiger partial charge on any atom is -0.396 e. The molecule has 1 rings (SSSR count). The van der Waals surface area contributed by atoms with Crippen molar-refractivity contribution < 1.29 is 14.6 Å². The maximum absolute atomic E-state index is 12.0. The molecule has 94 valence electrons. The van der Waals surface area contributed by atoms with Crippen molar-refractivity contribution in [2.75, 3.05) is 26.9 Å². The van der Waals surface area contributed by atoms with Crippen LogP contribution >= 0.6 is 0 Å². The van der Waals surface area contributed by atoms with E-state index in [0.29, 0.717) is 19.6 Å². The predicted octanol–water partition coefficient (Wildman–Crippen LogP) is -0.502. The van der Waals surface area contributed by atoms with Crippen LogP contribution in [-0.2, 0) is 9.53 Å². The van der Waals surface area contributed by atoms with E-state index in [1.54, 1.807) is 0 Å². The van der Waals surface area contributed by atoms with Crippen molar-refractivity contribution in [1.82, 2.24) is 10.6 Å². The Balaban J connectivity index is 2.51.